The van der Waals surface area contributed by atoms with Gasteiger partial charge in [-0.25, -0.2) is 0 Å². The average Bonchev–Trinajstić information content (AvgIpc) is 2.70. The van der Waals surface area contributed by atoms with E-state index in [-0.39, 0.29) is 11.8 Å². The Labute approximate surface area is 165 Å². The van der Waals surface area contributed by atoms with Crippen LogP contribution in [0.4, 0.5) is 5.69 Å². The second-order valence-electron chi connectivity index (χ2n) is 6.59. The van der Waals surface area contributed by atoms with Crippen molar-refractivity contribution in [3.05, 3.63) is 59.7 Å². The molecule has 0 heterocycles. The molecule has 2 rings (SSSR count). The number of hydrogen-bond donors (Lipinski definition) is 2. The second-order valence-corrected chi connectivity index (χ2v) is 6.59. The maximum Gasteiger partial charge on any atom is 0.253 e. The van der Waals surface area contributed by atoms with Crippen LogP contribution >= 0.6 is 0 Å². The van der Waals surface area contributed by atoms with Gasteiger partial charge in [0.05, 0.1) is 25.5 Å². The molecule has 0 aliphatic heterocycles. The van der Waals surface area contributed by atoms with Gasteiger partial charge in [-0.1, -0.05) is 32.0 Å². The molecule has 0 fully saturated rings. The molecule has 148 valence electrons. The van der Waals surface area contributed by atoms with E-state index in [1.165, 1.54) is 6.08 Å². The number of amides is 2. The summed E-state index contributed by atoms with van der Waals surface area (Å²) in [7, 11) is 3.12. The molecule has 28 heavy (non-hydrogen) atoms. The average molecular weight is 382 g/mol. The molecule has 0 aliphatic rings. The number of para-hydroxylation sites is 1. The Morgan fingerprint density at radius 3 is 2.43 bits per heavy atom. The number of methoxy groups -OCH3 is 2. The highest BCUT2D eigenvalue weighted by Gasteiger charge is 2.12. The summed E-state index contributed by atoms with van der Waals surface area (Å²) in [6.07, 6.45) is 3.07. The zero-order valence-corrected chi connectivity index (χ0v) is 16.6. The molecule has 0 atom stereocenters. The lowest BCUT2D eigenvalue weighted by molar-refractivity contribution is -0.111. The van der Waals surface area contributed by atoms with Gasteiger partial charge >= 0.3 is 0 Å². The number of benzene rings is 2. The van der Waals surface area contributed by atoms with Crippen LogP contribution in [0.5, 0.6) is 11.5 Å². The molecule has 2 aromatic carbocycles. The van der Waals surface area contributed by atoms with Gasteiger partial charge in [-0.3, -0.25) is 9.59 Å². The predicted octanol–water partition coefficient (Wildman–Crippen LogP) is 3.74. The summed E-state index contributed by atoms with van der Waals surface area (Å²) in [5.74, 6) is 0.991. The zero-order chi connectivity index (χ0) is 20.5. The van der Waals surface area contributed by atoms with E-state index < -0.39 is 0 Å². The molecule has 6 heteroatoms. The third kappa shape index (κ3) is 5.87. The van der Waals surface area contributed by atoms with E-state index in [1.54, 1.807) is 56.7 Å². The normalized spacial score (nSPS) is 10.8. The van der Waals surface area contributed by atoms with Crippen LogP contribution in [0.25, 0.3) is 6.08 Å². The van der Waals surface area contributed by atoms with Gasteiger partial charge < -0.3 is 20.1 Å². The first-order valence-electron chi connectivity index (χ1n) is 9.03. The van der Waals surface area contributed by atoms with E-state index in [2.05, 4.69) is 10.6 Å². The molecule has 0 saturated heterocycles. The number of nitrogens with one attached hydrogen (secondary N) is 2. The van der Waals surface area contributed by atoms with Crippen molar-refractivity contribution in [2.45, 2.75) is 13.8 Å². The number of carbonyl (C=O) groups is 2. The van der Waals surface area contributed by atoms with Crippen LogP contribution in [0, 0.1) is 5.92 Å². The summed E-state index contributed by atoms with van der Waals surface area (Å²) >= 11 is 0. The maximum atomic E-state index is 12.4. The van der Waals surface area contributed by atoms with Crippen molar-refractivity contribution < 1.29 is 19.1 Å². The minimum Gasteiger partial charge on any atom is -0.493 e. The van der Waals surface area contributed by atoms with Gasteiger partial charge in [0.25, 0.3) is 5.91 Å². The van der Waals surface area contributed by atoms with Crippen molar-refractivity contribution in [1.29, 1.82) is 0 Å². The molecule has 0 spiro atoms. The molecule has 0 radical (unpaired) electrons. The molecule has 0 aromatic heterocycles. The predicted molar refractivity (Wildman–Crippen MR) is 111 cm³/mol. The summed E-state index contributed by atoms with van der Waals surface area (Å²) in [6, 6.07) is 12.3. The van der Waals surface area contributed by atoms with Gasteiger partial charge in [-0.15, -0.1) is 0 Å². The Kier molecular flexibility index (Phi) is 7.63. The standard InChI is InChI=1S/C22H26N2O4/c1-15(2)14-23-22(26)17-7-5-6-8-18(17)24-21(25)12-10-16-9-11-19(27-3)20(13-16)28-4/h5-13,15H,14H2,1-4H3,(H,23,26)(H,24,25)/b12-10+. The molecule has 0 saturated carbocycles. The number of carbonyl (C=O) groups excluding carboxylic acids is 2. The van der Waals surface area contributed by atoms with Gasteiger partial charge in [0.2, 0.25) is 5.91 Å². The van der Waals surface area contributed by atoms with Crippen LogP contribution < -0.4 is 20.1 Å². The molecular formula is C22H26N2O4. The maximum absolute atomic E-state index is 12.4. The second kappa shape index (κ2) is 10.2. The van der Waals surface area contributed by atoms with Gasteiger partial charge in [0.15, 0.2) is 11.5 Å². The molecule has 2 aromatic rings. The monoisotopic (exact) mass is 382 g/mol. The van der Waals surface area contributed by atoms with Crippen molar-refractivity contribution in [2.75, 3.05) is 26.1 Å². The van der Waals surface area contributed by atoms with Gasteiger partial charge in [0, 0.05) is 12.6 Å². The number of rotatable bonds is 8. The largest absolute Gasteiger partial charge is 0.493 e. The minimum atomic E-state index is -0.334. The van der Waals surface area contributed by atoms with Crippen molar-refractivity contribution >= 4 is 23.6 Å². The van der Waals surface area contributed by atoms with Crippen LogP contribution in [0.15, 0.2) is 48.5 Å². The highest BCUT2D eigenvalue weighted by atomic mass is 16.5. The quantitative estimate of drug-likeness (QED) is 0.682. The molecule has 6 nitrogen and oxygen atoms in total. The van der Waals surface area contributed by atoms with Crippen LogP contribution in [0.1, 0.15) is 29.8 Å². The molecular weight excluding hydrogens is 356 g/mol. The number of ether oxygens (including phenoxy) is 2. The Hall–Kier alpha value is -3.28. The van der Waals surface area contributed by atoms with E-state index in [0.29, 0.717) is 35.2 Å². The van der Waals surface area contributed by atoms with Crippen molar-refractivity contribution in [3.8, 4) is 11.5 Å². The van der Waals surface area contributed by atoms with E-state index in [1.807, 2.05) is 19.9 Å². The first-order chi connectivity index (χ1) is 13.4. The van der Waals surface area contributed by atoms with E-state index >= 15 is 0 Å². The zero-order valence-electron chi connectivity index (χ0n) is 16.6. The Balaban J connectivity index is 2.09. The molecule has 2 N–H and O–H groups in total. The highest BCUT2D eigenvalue weighted by molar-refractivity contribution is 6.07. The lowest BCUT2D eigenvalue weighted by Crippen LogP contribution is -2.28. The van der Waals surface area contributed by atoms with Gasteiger partial charge in [-0.2, -0.15) is 0 Å². The van der Waals surface area contributed by atoms with Crippen LogP contribution in [-0.2, 0) is 4.79 Å². The fraction of sp³-hybridized carbons (Fsp3) is 0.273. The lowest BCUT2D eigenvalue weighted by Gasteiger charge is -2.11. The van der Waals surface area contributed by atoms with Crippen LogP contribution in [0.2, 0.25) is 0 Å². The van der Waals surface area contributed by atoms with E-state index in [0.717, 1.165) is 5.56 Å². The summed E-state index contributed by atoms with van der Waals surface area (Å²) in [5, 5.41) is 5.62. The fourth-order valence-electron chi connectivity index (χ4n) is 2.48. The van der Waals surface area contributed by atoms with Crippen molar-refractivity contribution in [2.24, 2.45) is 5.92 Å². The van der Waals surface area contributed by atoms with Gasteiger partial charge in [0.1, 0.15) is 0 Å². The Morgan fingerprint density at radius 1 is 1.04 bits per heavy atom. The summed E-state index contributed by atoms with van der Waals surface area (Å²) in [5.41, 5.74) is 1.68. The number of anilines is 1. The molecule has 0 bridgehead atoms. The van der Waals surface area contributed by atoms with E-state index in [9.17, 15) is 9.59 Å². The third-order valence-corrected chi connectivity index (χ3v) is 3.94. The Morgan fingerprint density at radius 2 is 1.75 bits per heavy atom. The lowest BCUT2D eigenvalue weighted by atomic mass is 10.1. The smallest absolute Gasteiger partial charge is 0.253 e. The number of hydrogen-bond acceptors (Lipinski definition) is 4. The first kappa shape index (κ1) is 21.0. The summed E-state index contributed by atoms with van der Waals surface area (Å²) in [4.78, 5) is 24.7. The summed E-state index contributed by atoms with van der Waals surface area (Å²) in [6.45, 7) is 4.61. The minimum absolute atomic E-state index is 0.214. The third-order valence-electron chi connectivity index (χ3n) is 3.94. The molecule has 0 aliphatic carbocycles. The van der Waals surface area contributed by atoms with E-state index in [4.69, 9.17) is 9.47 Å². The summed E-state index contributed by atoms with van der Waals surface area (Å²) < 4.78 is 10.5. The van der Waals surface area contributed by atoms with Gasteiger partial charge in [-0.05, 0) is 41.8 Å². The molecule has 0 unspecified atom stereocenters. The fourth-order valence-corrected chi connectivity index (χ4v) is 2.48. The SMILES string of the molecule is COc1ccc(/C=C/C(=O)Nc2ccccc2C(=O)NCC(C)C)cc1OC. The Bertz CT molecular complexity index is 859. The van der Waals surface area contributed by atoms with Crippen molar-refractivity contribution in [1.82, 2.24) is 5.32 Å². The van der Waals surface area contributed by atoms with Crippen LogP contribution in [-0.4, -0.2) is 32.6 Å². The molecule has 2 amide bonds. The first-order valence-corrected chi connectivity index (χ1v) is 9.03. The van der Waals surface area contributed by atoms with Crippen molar-refractivity contribution in [3.63, 3.8) is 0 Å². The topological polar surface area (TPSA) is 76.7 Å². The van der Waals surface area contributed by atoms with Crippen LogP contribution in [0.3, 0.4) is 0 Å². The highest BCUT2D eigenvalue weighted by Crippen LogP contribution is 2.28.